The van der Waals surface area contributed by atoms with Gasteiger partial charge in [-0.05, 0) is 91.3 Å². The number of ether oxygens (including phenoxy) is 6. The van der Waals surface area contributed by atoms with Gasteiger partial charge in [-0.15, -0.1) is 20.4 Å². The maximum atomic E-state index is 14.1. The van der Waals surface area contributed by atoms with Crippen molar-refractivity contribution < 1.29 is 87.8 Å². The third-order valence-corrected chi connectivity index (χ3v) is 19.5. The molecule has 1 aromatic heterocycles. The van der Waals surface area contributed by atoms with Crippen LogP contribution >= 0.6 is 0 Å². The highest BCUT2D eigenvalue weighted by atomic mass is 16.7. The predicted molar refractivity (Wildman–Crippen MR) is 300 cm³/mol. The van der Waals surface area contributed by atoms with Crippen molar-refractivity contribution in [1.82, 2.24) is 30.6 Å². The molecule has 8 N–H and O–H groups in total. The van der Waals surface area contributed by atoms with Crippen LogP contribution in [-0.2, 0) is 67.1 Å². The number of aliphatic carboxylic acids is 1. The minimum atomic E-state index is -1.98. The molecule has 0 bridgehead atoms. The molecular formula is C62H69N7O18. The van der Waals surface area contributed by atoms with Gasteiger partial charge in [0.15, 0.2) is 35.9 Å². The minimum Gasteiger partial charge on any atom is -0.479 e. The number of amides is 3. The van der Waals surface area contributed by atoms with Gasteiger partial charge < -0.3 is 74.6 Å². The van der Waals surface area contributed by atoms with E-state index in [4.69, 9.17) is 28.4 Å². The molecule has 25 heteroatoms. The van der Waals surface area contributed by atoms with Crippen LogP contribution in [0.25, 0.3) is 11.4 Å². The van der Waals surface area contributed by atoms with Crippen molar-refractivity contribution in [2.45, 2.75) is 133 Å². The van der Waals surface area contributed by atoms with Crippen LogP contribution in [0, 0.1) is 34.0 Å². The maximum absolute atomic E-state index is 14.1. The normalized spacial score (nSPS) is 33.5. The molecule has 7 fully saturated rings. The summed E-state index contributed by atoms with van der Waals surface area (Å²) in [7, 11) is 0. The van der Waals surface area contributed by atoms with Crippen LogP contribution in [0.5, 0.6) is 5.75 Å². The Kier molecular flexibility index (Phi) is 16.2. The van der Waals surface area contributed by atoms with Crippen molar-refractivity contribution in [3.05, 3.63) is 119 Å². The van der Waals surface area contributed by atoms with Crippen molar-refractivity contribution in [3.8, 4) is 17.1 Å². The third-order valence-electron chi connectivity index (χ3n) is 19.5. The zero-order valence-corrected chi connectivity index (χ0v) is 47.8. The second-order valence-electron chi connectivity index (χ2n) is 24.9. The molecule has 1 unspecified atom stereocenters. The van der Waals surface area contributed by atoms with Crippen molar-refractivity contribution in [3.63, 3.8) is 0 Å². The largest absolute Gasteiger partial charge is 0.479 e. The number of nitrogens with zero attached hydrogens (tertiary/aromatic N) is 5. The summed E-state index contributed by atoms with van der Waals surface area (Å²) in [5.41, 5.74) is 1.40. The number of hydrogen-bond donors (Lipinski definition) is 8. The molecule has 1 spiro atoms. The average Bonchev–Trinajstić information content (AvgIpc) is 1.55. The number of Topliss-reactive ketones (excluding diaryl/α,β-unsaturated/α-hetero) is 1. The summed E-state index contributed by atoms with van der Waals surface area (Å²) in [5.74, 6) is -3.02. The van der Waals surface area contributed by atoms with Gasteiger partial charge in [0.2, 0.25) is 23.9 Å². The van der Waals surface area contributed by atoms with E-state index in [1.165, 1.54) is 24.5 Å². The average molecular weight is 1200 g/mol. The van der Waals surface area contributed by atoms with Crippen LogP contribution in [0.4, 0.5) is 10.5 Å². The molecule has 12 rings (SSSR count). The van der Waals surface area contributed by atoms with E-state index in [2.05, 4.69) is 38.0 Å². The monoisotopic (exact) mass is 1200 g/mol. The molecule has 5 heterocycles. The Labute approximate surface area is 499 Å². The number of rotatable bonds is 17. The molecule has 4 saturated heterocycles. The van der Waals surface area contributed by atoms with Gasteiger partial charge >= 0.3 is 12.1 Å². The van der Waals surface area contributed by atoms with E-state index in [0.717, 1.165) is 17.6 Å². The number of carbonyl (C=O) groups is 6. The molecular weight excluding hydrogens is 1130 g/mol. The summed E-state index contributed by atoms with van der Waals surface area (Å²) in [5, 5.41) is 84.1. The Balaban J connectivity index is 0.635. The van der Waals surface area contributed by atoms with Crippen LogP contribution in [0.2, 0.25) is 0 Å². The first-order valence-electron chi connectivity index (χ1n) is 29.3. The van der Waals surface area contributed by atoms with E-state index in [1.54, 1.807) is 41.3 Å². The number of fused-ring (bicyclic) bond motifs is 7. The van der Waals surface area contributed by atoms with Gasteiger partial charge in [0.1, 0.15) is 37.3 Å². The van der Waals surface area contributed by atoms with Crippen molar-refractivity contribution in [2.24, 2.45) is 34.0 Å². The quantitative estimate of drug-likeness (QED) is 0.0753. The molecule has 87 heavy (non-hydrogen) atoms. The molecule has 4 aliphatic heterocycles. The van der Waals surface area contributed by atoms with E-state index in [1.807, 2.05) is 37.3 Å². The molecule has 4 aromatic rings. The lowest BCUT2D eigenvalue weighted by Crippen LogP contribution is -2.63. The first kappa shape index (κ1) is 59.9. The Morgan fingerprint density at radius 1 is 0.862 bits per heavy atom. The summed E-state index contributed by atoms with van der Waals surface area (Å²) < 4.78 is 36.6. The van der Waals surface area contributed by atoms with Crippen LogP contribution in [0.1, 0.15) is 80.9 Å². The van der Waals surface area contributed by atoms with Crippen LogP contribution in [-0.4, -0.2) is 179 Å². The van der Waals surface area contributed by atoms with E-state index in [9.17, 15) is 59.4 Å². The minimum absolute atomic E-state index is 0.00868. The summed E-state index contributed by atoms with van der Waals surface area (Å²) in [6.07, 6.45) is -2.81. The van der Waals surface area contributed by atoms with Crippen molar-refractivity contribution in [1.29, 1.82) is 0 Å². The number of likely N-dealkylation sites (tertiary alicyclic amines) is 1. The maximum Gasteiger partial charge on any atom is 0.410 e. The number of anilines is 1. The highest BCUT2D eigenvalue weighted by Crippen LogP contribution is 2.70. The van der Waals surface area contributed by atoms with Gasteiger partial charge in [0.05, 0.1) is 37.0 Å². The Morgan fingerprint density at radius 2 is 1.60 bits per heavy atom. The second-order valence-corrected chi connectivity index (χ2v) is 24.9. The SMILES string of the molecule is C[C@]12C=CC(=O)C=C1CC[C@@H]1[C@@H]2[C@@H](O)C[C@@]2(C)[C@H]1C[C@H]1O[C@@H](c3ccc(CC4CC5(CO4)CN(C(=O)OCc4ccc(O[C@@H]6O[C@H](C(=O)O)[C@@H](O)[C@H](O)[C@H]6O)c(NC(=O)CCNC(=O)Cc6ccc(-c7nncnn7)cc6)c4)C5)cc3)O[C@]12C(=O)CO. The molecule has 4 aliphatic carbocycles. The lowest BCUT2D eigenvalue weighted by Gasteiger charge is -2.59. The summed E-state index contributed by atoms with van der Waals surface area (Å²) in [6, 6.07) is 19.0. The van der Waals surface area contributed by atoms with E-state index in [-0.39, 0.29) is 84.8 Å². The van der Waals surface area contributed by atoms with Gasteiger partial charge in [-0.1, -0.05) is 80.1 Å². The standard InChI is InChI=1S/C62H69N7O18/c1-59-17-15-38(71)22-37(59)12-13-40-41-23-46-62(45(73)26-70,60(41,2)25-43(72)49(40)59)87-56(85-46)36-10-5-32(6-11-36)19-39-24-61(30-83-39)28-69(29-61)58(81)82-27-34-7-14-44(84-57-52(78)50(76)51(77)53(86-57)55(79)80)42(20-34)66-47(74)16-18-63-48(75)21-33-3-8-35(9-4-33)54-67-64-31-65-68-54/h3-11,14-15,17,20,22,31,39-41,43,46,49-53,56-57,70,72,76-78H,12-13,16,18-19,21,23-30H2,1-2H3,(H,63,75)(H,66,74)(H,79,80)/t39?,40-,41-,43-,46+,49+,50-,51-,52+,53-,56+,57+,59-,60-,62+/m0/s1. The first-order valence-corrected chi connectivity index (χ1v) is 29.3. The first-order chi connectivity index (χ1) is 41.7. The molecule has 460 valence electrons. The zero-order chi connectivity index (χ0) is 61.2. The fourth-order valence-electron chi connectivity index (χ4n) is 15.3. The number of ketones is 2. The highest BCUT2D eigenvalue weighted by molar-refractivity contribution is 6.01. The third kappa shape index (κ3) is 11.1. The fourth-order valence-corrected chi connectivity index (χ4v) is 15.3. The molecule has 25 nitrogen and oxygen atoms in total. The number of aromatic nitrogens is 4. The van der Waals surface area contributed by atoms with Gasteiger partial charge in [-0.25, -0.2) is 9.59 Å². The van der Waals surface area contributed by atoms with Gasteiger partial charge in [-0.3, -0.25) is 19.2 Å². The number of aliphatic hydroxyl groups excluding tert-OH is 5. The Morgan fingerprint density at radius 3 is 2.33 bits per heavy atom. The zero-order valence-electron chi connectivity index (χ0n) is 47.8. The Hall–Kier alpha value is -7.46. The number of carboxylic acids is 1. The lowest BCUT2D eigenvalue weighted by molar-refractivity contribution is -0.271. The molecule has 0 radical (unpaired) electrons. The summed E-state index contributed by atoms with van der Waals surface area (Å²) >= 11 is 0. The van der Waals surface area contributed by atoms with Gasteiger partial charge in [0.25, 0.3) is 0 Å². The number of hydrogen-bond acceptors (Lipinski definition) is 21. The molecule has 3 aromatic carbocycles. The molecule has 15 atom stereocenters. The van der Waals surface area contributed by atoms with Crippen LogP contribution in [0.3, 0.4) is 0 Å². The van der Waals surface area contributed by atoms with Gasteiger partial charge in [0, 0.05) is 59.3 Å². The van der Waals surface area contributed by atoms with Crippen molar-refractivity contribution in [2.75, 3.05) is 38.2 Å². The topological polar surface area (TPSA) is 358 Å². The van der Waals surface area contributed by atoms with E-state index < -0.39 is 96.0 Å². The van der Waals surface area contributed by atoms with Gasteiger partial charge in [-0.2, -0.15) is 0 Å². The second kappa shape index (κ2) is 23.6. The molecule has 3 amide bonds. The molecule has 3 saturated carbocycles. The number of nitrogens with one attached hydrogen (secondary N) is 2. The predicted octanol–water partition coefficient (Wildman–Crippen LogP) is 2.47. The Bertz CT molecular complexity index is 3380. The fraction of sp³-hybridized carbons (Fsp3) is 0.516. The van der Waals surface area contributed by atoms with E-state index in [0.29, 0.717) is 73.5 Å². The van der Waals surface area contributed by atoms with Crippen LogP contribution < -0.4 is 15.4 Å². The number of benzene rings is 3. The van der Waals surface area contributed by atoms with Crippen LogP contribution in [0.15, 0.2) is 96.9 Å². The summed E-state index contributed by atoms with van der Waals surface area (Å²) in [6.45, 7) is 4.27. The number of allylic oxidation sites excluding steroid dienone is 4. The number of aliphatic hydroxyl groups is 5. The number of carboxylic acid groups (broad SMARTS) is 1. The molecule has 8 aliphatic rings. The smallest absolute Gasteiger partial charge is 0.410 e. The lowest BCUT2D eigenvalue weighted by atomic mass is 9.46. The summed E-state index contributed by atoms with van der Waals surface area (Å²) in [4.78, 5) is 79.5. The van der Waals surface area contributed by atoms with Crippen molar-refractivity contribution >= 4 is 41.1 Å². The highest BCUT2D eigenvalue weighted by Gasteiger charge is 2.76. The number of carbonyl (C=O) groups excluding carboxylic acids is 5. The van der Waals surface area contributed by atoms with E-state index >= 15 is 0 Å².